The molecule has 1 aliphatic heterocycles. The molecule has 6 fully saturated rings. The summed E-state index contributed by atoms with van der Waals surface area (Å²) in [5.74, 6) is -5.68. The van der Waals surface area contributed by atoms with Crippen LogP contribution in [0.25, 0.3) is 0 Å². The van der Waals surface area contributed by atoms with Crippen molar-refractivity contribution in [2.75, 3.05) is 0 Å². The normalized spacial score (nSPS) is 50.0. The zero-order valence-electron chi connectivity index (χ0n) is 37.7. The summed E-state index contributed by atoms with van der Waals surface area (Å²) < 4.78 is 18.4. The van der Waals surface area contributed by atoms with Crippen LogP contribution in [-0.4, -0.2) is 214 Å². The number of carboxylic acid groups (broad SMARTS) is 3. The Kier molecular flexibility index (Phi) is 16.4. The Morgan fingerprint density at radius 1 is 0.721 bits per heavy atom. The van der Waals surface area contributed by atoms with Crippen molar-refractivity contribution in [2.45, 2.75) is 174 Å². The molecule has 0 amide bonds. The molecule has 1 saturated heterocycles. The van der Waals surface area contributed by atoms with E-state index in [-0.39, 0.29) is 123 Å². The van der Waals surface area contributed by atoms with E-state index in [9.17, 15) is 60.0 Å². The minimum absolute atomic E-state index is 0. The van der Waals surface area contributed by atoms with Crippen molar-refractivity contribution in [1.82, 2.24) is 0 Å². The molecule has 15 nitrogen and oxygen atoms in total. The van der Waals surface area contributed by atoms with Gasteiger partial charge in [-0.2, -0.15) is 0 Å². The number of carbonyl (C=O) groups excluding carboxylic acids is 1. The third-order valence-electron chi connectivity index (χ3n) is 17.7. The summed E-state index contributed by atoms with van der Waals surface area (Å²) in [6.45, 7) is 14.9. The maximum Gasteiger partial charge on any atom is 0.335 e. The third-order valence-corrected chi connectivity index (χ3v) is 17.7. The number of ketones is 1. The molecule has 3 radical (unpaired) electrons. The summed E-state index contributed by atoms with van der Waals surface area (Å²) in [6, 6.07) is 0. The number of aliphatic carboxylic acids is 3. The first-order valence-corrected chi connectivity index (χ1v) is 21.1. The van der Waals surface area contributed by atoms with Crippen LogP contribution in [0, 0.1) is 56.2 Å². The van der Waals surface area contributed by atoms with Crippen molar-refractivity contribution >= 4 is 112 Å². The van der Waals surface area contributed by atoms with Gasteiger partial charge < -0.3 is 55.1 Å². The van der Waals surface area contributed by atoms with E-state index >= 15 is 0 Å². The smallest absolute Gasteiger partial charge is 0.335 e. The zero-order chi connectivity index (χ0) is 42.9. The predicted octanol–water partition coefficient (Wildman–Crippen LogP) is 1.77. The first-order chi connectivity index (χ1) is 26.8. The second-order valence-electron chi connectivity index (χ2n) is 21.1. The average Bonchev–Trinajstić information content (AvgIpc) is 3.13. The van der Waals surface area contributed by atoms with E-state index in [1.54, 1.807) is 0 Å². The summed E-state index contributed by atoms with van der Waals surface area (Å²) in [6.07, 6.45) is -9.05. The van der Waals surface area contributed by atoms with Gasteiger partial charge in [-0.25, -0.2) is 4.79 Å². The first kappa shape index (κ1) is 54.1. The minimum Gasteiger partial charge on any atom is -0.481 e. The van der Waals surface area contributed by atoms with Gasteiger partial charge in [-0.15, -0.1) is 0 Å². The minimum atomic E-state index is -1.99. The molecule has 0 aromatic rings. The van der Waals surface area contributed by atoms with Crippen LogP contribution in [0.2, 0.25) is 0 Å². The molecule has 0 unspecified atom stereocenters. The van der Waals surface area contributed by atoms with E-state index in [0.717, 1.165) is 37.7 Å². The Morgan fingerprint density at radius 2 is 1.34 bits per heavy atom. The van der Waals surface area contributed by atoms with Gasteiger partial charge in [-0.05, 0) is 116 Å². The number of carboxylic acids is 3. The van der Waals surface area contributed by atoms with Gasteiger partial charge in [0, 0.05) is 94.6 Å². The van der Waals surface area contributed by atoms with Gasteiger partial charge in [0.05, 0.1) is 29.6 Å². The fourth-order valence-electron chi connectivity index (χ4n) is 13.8. The molecule has 19 atom stereocenters. The van der Waals surface area contributed by atoms with Crippen molar-refractivity contribution in [3.63, 3.8) is 0 Å². The molecular weight excluding hydrogens is 825 g/mol. The molecule has 0 aromatic carbocycles. The monoisotopic (exact) mass is 889 g/mol. The summed E-state index contributed by atoms with van der Waals surface area (Å²) in [5, 5.41) is 83.6. The summed E-state index contributed by atoms with van der Waals surface area (Å²) in [5.41, 5.74) is -1.71. The molecular formula is C43H64Na3O15. The van der Waals surface area contributed by atoms with E-state index in [0.29, 0.717) is 25.7 Å². The van der Waals surface area contributed by atoms with Crippen molar-refractivity contribution in [1.29, 1.82) is 0 Å². The van der Waals surface area contributed by atoms with Crippen molar-refractivity contribution in [2.24, 2.45) is 56.2 Å². The van der Waals surface area contributed by atoms with Crippen LogP contribution in [0.1, 0.15) is 113 Å². The second-order valence-corrected chi connectivity index (χ2v) is 21.1. The molecule has 7 aliphatic rings. The third kappa shape index (κ3) is 8.45. The molecule has 7 rings (SSSR count). The van der Waals surface area contributed by atoms with Gasteiger partial charge in [0.25, 0.3) is 0 Å². The number of allylic oxidation sites excluding steroid dienone is 2. The van der Waals surface area contributed by atoms with Crippen LogP contribution in [0.3, 0.4) is 0 Å². The Labute approximate surface area is 424 Å². The van der Waals surface area contributed by atoms with Crippen molar-refractivity contribution in [3.05, 3.63) is 11.6 Å². The molecule has 6 aliphatic carbocycles. The Morgan fingerprint density at radius 3 is 1.93 bits per heavy atom. The second kappa shape index (κ2) is 18.5. The zero-order valence-corrected chi connectivity index (χ0v) is 43.7. The molecule has 8 N–H and O–H groups in total. The van der Waals surface area contributed by atoms with Crippen LogP contribution in [0.4, 0.5) is 0 Å². The van der Waals surface area contributed by atoms with Gasteiger partial charge in [0.2, 0.25) is 0 Å². The Balaban J connectivity index is 0.00000273. The van der Waals surface area contributed by atoms with E-state index < -0.39 is 113 Å². The van der Waals surface area contributed by atoms with Crippen LogP contribution < -0.4 is 0 Å². The van der Waals surface area contributed by atoms with Crippen LogP contribution in [0.15, 0.2) is 11.6 Å². The number of aliphatic hydroxyl groups is 5. The first-order valence-electron chi connectivity index (χ1n) is 21.1. The summed E-state index contributed by atoms with van der Waals surface area (Å²) in [7, 11) is 0. The van der Waals surface area contributed by atoms with Gasteiger partial charge in [0.1, 0.15) is 30.5 Å². The predicted molar refractivity (Wildman–Crippen MR) is 220 cm³/mol. The molecule has 5 saturated carbocycles. The standard InChI is InChI=1S/C43H64O15.3Na/c1-38(2)24-8-11-43(7)33(22(44)17-20-21-18-40(4,37(54)55)13-12-39(21,3)14-15-42(20,43)6)41(24,5)10-9-25(38)57-36-32(30(49)29(48)31(58-36)35(52)53)56-23-16-19(34(50)51)26(45)28(47)27(23)46;;;/h17,19,21,23-33,36,45-49H,8-16,18H2,1-7H3,(H,50,51)(H,52,53)(H,54,55);;;/t19-,21-,23+,24-,25-,26+,27-,28-,29-,30-,31-,32+,33+,36-,39+,40-,41-,42+,43+;;;/m0.../s1. The molecule has 0 bridgehead atoms. The number of rotatable bonds is 7. The van der Waals surface area contributed by atoms with Gasteiger partial charge in [0.15, 0.2) is 18.2 Å². The quantitative estimate of drug-likeness (QED) is 0.134. The number of hydrogen-bond acceptors (Lipinski definition) is 12. The number of carbonyl (C=O) groups is 4. The average molecular weight is 890 g/mol. The van der Waals surface area contributed by atoms with Crippen molar-refractivity contribution < 1.29 is 74.2 Å². The van der Waals surface area contributed by atoms with E-state index in [1.807, 2.05) is 26.8 Å². The fraction of sp³-hybridized carbons (Fsp3) is 0.860. The SMILES string of the molecule is CC1(C)[C@@H](O[C@H]2O[C@H](C(=O)O)[C@@H](O)[C@H](O)[C@H]2O[C@@H]2C[C@H](C(=O)O)[C@@H](O)[C@H](O)[C@H]2O)CC[C@]2(C)[C@H]3C(=O)C=C4[C@@H]5C[C@@](C)(C(=O)O)CC[C@]5(C)CC[C@@]4(C)[C@]3(C)CC[C@@H]12.[Na].[Na].[Na]. The van der Waals surface area contributed by atoms with Gasteiger partial charge >= 0.3 is 17.9 Å². The molecule has 329 valence electrons. The fourth-order valence-corrected chi connectivity index (χ4v) is 13.8. The van der Waals surface area contributed by atoms with Crippen molar-refractivity contribution in [3.8, 4) is 0 Å². The number of ether oxygens (including phenoxy) is 3. The van der Waals surface area contributed by atoms with E-state index in [2.05, 4.69) is 27.7 Å². The topological polar surface area (TPSA) is 258 Å². The van der Waals surface area contributed by atoms with Gasteiger partial charge in [-0.3, -0.25) is 14.4 Å². The maximum absolute atomic E-state index is 14.9. The molecule has 61 heavy (non-hydrogen) atoms. The molecule has 18 heteroatoms. The largest absolute Gasteiger partial charge is 0.481 e. The number of hydrogen-bond donors (Lipinski definition) is 8. The van der Waals surface area contributed by atoms with E-state index in [1.165, 1.54) is 0 Å². The maximum atomic E-state index is 14.9. The van der Waals surface area contributed by atoms with E-state index in [4.69, 9.17) is 14.2 Å². The molecule has 1 heterocycles. The summed E-state index contributed by atoms with van der Waals surface area (Å²) in [4.78, 5) is 51.5. The summed E-state index contributed by atoms with van der Waals surface area (Å²) >= 11 is 0. The Bertz CT molecular complexity index is 1750. The van der Waals surface area contributed by atoms with Crippen LogP contribution in [0.5, 0.6) is 0 Å². The van der Waals surface area contributed by atoms with Crippen LogP contribution in [-0.2, 0) is 33.4 Å². The number of aliphatic hydroxyl groups excluding tert-OH is 5. The molecule has 0 aromatic heterocycles. The van der Waals surface area contributed by atoms with Gasteiger partial charge in [-0.1, -0.05) is 47.1 Å². The Hall–Kier alpha value is 0.500. The molecule has 0 spiro atoms. The number of fused-ring (bicyclic) bond motifs is 7. The van der Waals surface area contributed by atoms with Crippen LogP contribution >= 0.6 is 0 Å².